The number of aliphatic imine (C=N–C) groups is 1. The van der Waals surface area contributed by atoms with Crippen molar-refractivity contribution < 1.29 is 4.79 Å². The van der Waals surface area contributed by atoms with Gasteiger partial charge in [0.05, 0.1) is 6.54 Å². The lowest BCUT2D eigenvalue weighted by atomic mass is 10.3. The van der Waals surface area contributed by atoms with E-state index in [4.69, 9.17) is 0 Å². The van der Waals surface area contributed by atoms with Gasteiger partial charge in [0.15, 0.2) is 5.17 Å². The minimum absolute atomic E-state index is 0.141. The zero-order chi connectivity index (χ0) is 13.9. The third kappa shape index (κ3) is 2.98. The Kier molecular flexibility index (Phi) is 3.95. The van der Waals surface area contributed by atoms with Crippen LogP contribution in [0.3, 0.4) is 0 Å². The van der Waals surface area contributed by atoms with Crippen molar-refractivity contribution in [1.29, 1.82) is 0 Å². The van der Waals surface area contributed by atoms with Gasteiger partial charge in [-0.1, -0.05) is 18.7 Å². The highest BCUT2D eigenvalue weighted by molar-refractivity contribution is 8.14. The summed E-state index contributed by atoms with van der Waals surface area (Å²) in [7, 11) is 0. The number of hydrogen-bond donors (Lipinski definition) is 0. The second kappa shape index (κ2) is 5.87. The number of carbonyl (C=O) groups excluding carboxylic acids is 1. The maximum atomic E-state index is 12.2. The van der Waals surface area contributed by atoms with Crippen molar-refractivity contribution in [2.24, 2.45) is 4.99 Å². The zero-order valence-electron chi connectivity index (χ0n) is 11.6. The number of hydrogen-bond acceptors (Lipinski definition) is 5. The van der Waals surface area contributed by atoms with Crippen LogP contribution in [0.4, 0.5) is 0 Å². The molecule has 0 spiro atoms. The van der Waals surface area contributed by atoms with E-state index in [-0.39, 0.29) is 5.91 Å². The van der Waals surface area contributed by atoms with E-state index < -0.39 is 0 Å². The first kappa shape index (κ1) is 13.5. The first-order valence-corrected chi connectivity index (χ1v) is 7.81. The Morgan fingerprint density at radius 1 is 1.40 bits per heavy atom. The van der Waals surface area contributed by atoms with Crippen molar-refractivity contribution in [3.05, 3.63) is 18.5 Å². The maximum absolute atomic E-state index is 12.2. The van der Waals surface area contributed by atoms with Crippen molar-refractivity contribution in [1.82, 2.24) is 19.6 Å². The van der Waals surface area contributed by atoms with Crippen molar-refractivity contribution >= 4 is 22.8 Å². The Morgan fingerprint density at radius 3 is 2.80 bits per heavy atom. The van der Waals surface area contributed by atoms with Crippen LogP contribution in [0, 0.1) is 0 Å². The molecule has 0 saturated carbocycles. The number of aromatic nitrogens is 2. The molecule has 0 aliphatic carbocycles. The molecule has 1 amide bonds. The molecule has 0 bridgehead atoms. The number of thioether (sulfide) groups is 1. The molecule has 108 valence electrons. The van der Waals surface area contributed by atoms with E-state index in [0.29, 0.717) is 11.8 Å². The summed E-state index contributed by atoms with van der Waals surface area (Å²) < 4.78 is 1.67. The fourth-order valence-corrected chi connectivity index (χ4v) is 3.41. The molecule has 1 aromatic rings. The second-order valence-electron chi connectivity index (χ2n) is 5.12. The molecule has 7 heteroatoms. The summed E-state index contributed by atoms with van der Waals surface area (Å²) in [6, 6.07) is 1.84. The lowest BCUT2D eigenvalue weighted by molar-refractivity contribution is -0.133. The van der Waals surface area contributed by atoms with Gasteiger partial charge in [0.25, 0.3) is 0 Å². The van der Waals surface area contributed by atoms with E-state index in [0.717, 1.165) is 37.9 Å². The maximum Gasteiger partial charge on any atom is 0.244 e. The van der Waals surface area contributed by atoms with Crippen LogP contribution < -0.4 is 0 Å². The lowest BCUT2D eigenvalue weighted by Crippen LogP contribution is -2.50. The standard InChI is InChI=1S/C13H19N5OS/c1-11-9-14-13(20-11)17-7-5-16(6-8-17)12(19)10-18-4-2-3-15-18/h2-4,11H,5-10H2,1H3. The molecule has 1 fully saturated rings. The Balaban J connectivity index is 1.49. The van der Waals surface area contributed by atoms with Crippen molar-refractivity contribution in [3.8, 4) is 0 Å². The Morgan fingerprint density at radius 2 is 2.20 bits per heavy atom. The SMILES string of the molecule is CC1CN=C(N2CCN(C(=O)Cn3cccn3)CC2)S1. The van der Waals surface area contributed by atoms with E-state index in [2.05, 4.69) is 21.9 Å². The number of carbonyl (C=O) groups is 1. The lowest BCUT2D eigenvalue weighted by Gasteiger charge is -2.35. The molecular formula is C13H19N5OS. The summed E-state index contributed by atoms with van der Waals surface area (Å²) in [5.41, 5.74) is 0. The first-order valence-electron chi connectivity index (χ1n) is 6.93. The molecule has 1 unspecified atom stereocenters. The summed E-state index contributed by atoms with van der Waals surface area (Å²) >= 11 is 1.84. The summed E-state index contributed by atoms with van der Waals surface area (Å²) in [6.07, 6.45) is 3.52. The average molecular weight is 293 g/mol. The largest absolute Gasteiger partial charge is 0.348 e. The molecule has 1 saturated heterocycles. The Labute approximate surface area is 122 Å². The highest BCUT2D eigenvalue weighted by atomic mass is 32.2. The van der Waals surface area contributed by atoms with Gasteiger partial charge in [-0.3, -0.25) is 14.5 Å². The smallest absolute Gasteiger partial charge is 0.244 e. The molecule has 0 N–H and O–H groups in total. The summed E-state index contributed by atoms with van der Waals surface area (Å²) in [5.74, 6) is 0.141. The number of nitrogens with zero attached hydrogens (tertiary/aromatic N) is 5. The van der Waals surface area contributed by atoms with Crippen molar-refractivity contribution in [2.45, 2.75) is 18.7 Å². The number of amidine groups is 1. The summed E-state index contributed by atoms with van der Waals surface area (Å²) in [6.45, 7) is 6.75. The van der Waals surface area contributed by atoms with E-state index in [1.165, 1.54) is 0 Å². The third-order valence-corrected chi connectivity index (χ3v) is 4.70. The van der Waals surface area contributed by atoms with Crippen LogP contribution >= 0.6 is 11.8 Å². The number of amides is 1. The molecule has 2 aliphatic rings. The van der Waals surface area contributed by atoms with Crippen LogP contribution in [-0.2, 0) is 11.3 Å². The van der Waals surface area contributed by atoms with Gasteiger partial charge in [0.1, 0.15) is 6.54 Å². The fraction of sp³-hybridized carbons (Fsp3) is 0.615. The van der Waals surface area contributed by atoms with Crippen molar-refractivity contribution in [2.75, 3.05) is 32.7 Å². The summed E-state index contributed by atoms with van der Waals surface area (Å²) in [4.78, 5) is 20.9. The van der Waals surface area contributed by atoms with E-state index in [9.17, 15) is 4.79 Å². The molecule has 3 rings (SSSR count). The van der Waals surface area contributed by atoms with Crippen LogP contribution in [0.5, 0.6) is 0 Å². The fourth-order valence-electron chi connectivity index (χ4n) is 2.42. The molecule has 1 aromatic heterocycles. The van der Waals surface area contributed by atoms with Gasteiger partial charge in [0, 0.05) is 43.8 Å². The zero-order valence-corrected chi connectivity index (χ0v) is 12.4. The van der Waals surface area contributed by atoms with Gasteiger partial charge in [-0.05, 0) is 6.07 Å². The van der Waals surface area contributed by atoms with Crippen LogP contribution in [0.2, 0.25) is 0 Å². The molecule has 3 heterocycles. The van der Waals surface area contributed by atoms with Crippen LogP contribution in [-0.4, -0.2) is 68.6 Å². The van der Waals surface area contributed by atoms with Gasteiger partial charge in [-0.2, -0.15) is 5.10 Å². The van der Waals surface area contributed by atoms with E-state index in [1.54, 1.807) is 10.9 Å². The molecular weight excluding hydrogens is 274 g/mol. The highest BCUT2D eigenvalue weighted by Gasteiger charge is 2.26. The highest BCUT2D eigenvalue weighted by Crippen LogP contribution is 2.23. The van der Waals surface area contributed by atoms with Gasteiger partial charge in [0.2, 0.25) is 5.91 Å². The van der Waals surface area contributed by atoms with Crippen LogP contribution in [0.25, 0.3) is 0 Å². The van der Waals surface area contributed by atoms with Crippen molar-refractivity contribution in [3.63, 3.8) is 0 Å². The number of piperazine rings is 1. The molecule has 0 radical (unpaired) electrons. The topological polar surface area (TPSA) is 53.7 Å². The van der Waals surface area contributed by atoms with E-state index >= 15 is 0 Å². The molecule has 20 heavy (non-hydrogen) atoms. The van der Waals surface area contributed by atoms with Gasteiger partial charge in [-0.15, -0.1) is 0 Å². The molecule has 6 nitrogen and oxygen atoms in total. The van der Waals surface area contributed by atoms with Gasteiger partial charge < -0.3 is 9.80 Å². The quantitative estimate of drug-likeness (QED) is 0.798. The monoisotopic (exact) mass is 293 g/mol. The molecule has 2 aliphatic heterocycles. The van der Waals surface area contributed by atoms with Gasteiger partial charge >= 0.3 is 0 Å². The summed E-state index contributed by atoms with van der Waals surface area (Å²) in [5, 5.41) is 5.81. The Bertz CT molecular complexity index is 493. The van der Waals surface area contributed by atoms with Gasteiger partial charge in [-0.25, -0.2) is 0 Å². The number of rotatable bonds is 2. The first-order chi connectivity index (χ1) is 9.72. The molecule has 0 aromatic carbocycles. The Hall–Kier alpha value is -1.50. The van der Waals surface area contributed by atoms with Crippen LogP contribution in [0.15, 0.2) is 23.5 Å². The molecule has 1 atom stereocenters. The van der Waals surface area contributed by atoms with E-state index in [1.807, 2.05) is 28.9 Å². The minimum atomic E-state index is 0.141. The second-order valence-corrected chi connectivity index (χ2v) is 6.53. The predicted octanol–water partition coefficient (Wildman–Crippen LogP) is 0.519. The predicted molar refractivity (Wildman–Crippen MR) is 79.7 cm³/mol. The third-order valence-electron chi connectivity index (χ3n) is 3.55. The van der Waals surface area contributed by atoms with Crippen LogP contribution in [0.1, 0.15) is 6.92 Å². The minimum Gasteiger partial charge on any atom is -0.348 e. The normalized spacial score (nSPS) is 23.1. The average Bonchev–Trinajstić information content (AvgIpc) is 3.10.